The number of imidazole rings is 1. The molecular formula is C24H40N6. The van der Waals surface area contributed by atoms with Crippen LogP contribution in [0.1, 0.15) is 45.9 Å². The Kier molecular flexibility index (Phi) is 8.55. The molecule has 1 aromatic heterocycles. The molecule has 166 valence electrons. The van der Waals surface area contributed by atoms with Crippen LogP contribution in [0.3, 0.4) is 0 Å². The Morgan fingerprint density at radius 1 is 1.27 bits per heavy atom. The Labute approximate surface area is 182 Å². The van der Waals surface area contributed by atoms with Gasteiger partial charge in [0, 0.05) is 39.3 Å². The number of fused-ring (bicyclic) bond motifs is 1. The summed E-state index contributed by atoms with van der Waals surface area (Å²) >= 11 is 0. The summed E-state index contributed by atoms with van der Waals surface area (Å²) in [6, 6.07) is 8.37. The van der Waals surface area contributed by atoms with Crippen molar-refractivity contribution in [3.05, 3.63) is 30.1 Å². The maximum atomic E-state index is 4.90. The van der Waals surface area contributed by atoms with Gasteiger partial charge in [0.25, 0.3) is 0 Å². The summed E-state index contributed by atoms with van der Waals surface area (Å²) in [7, 11) is 0. The zero-order valence-electron chi connectivity index (χ0n) is 19.3. The highest BCUT2D eigenvalue weighted by atomic mass is 15.2. The molecule has 0 aliphatic carbocycles. The highest BCUT2D eigenvalue weighted by Gasteiger charge is 2.20. The van der Waals surface area contributed by atoms with E-state index < -0.39 is 0 Å². The van der Waals surface area contributed by atoms with Gasteiger partial charge in [-0.1, -0.05) is 26.0 Å². The fourth-order valence-corrected chi connectivity index (χ4v) is 4.47. The molecule has 1 fully saturated rings. The molecule has 6 heteroatoms. The van der Waals surface area contributed by atoms with Gasteiger partial charge >= 0.3 is 0 Å². The number of benzene rings is 1. The van der Waals surface area contributed by atoms with Crippen molar-refractivity contribution in [3.8, 4) is 0 Å². The predicted octanol–water partition coefficient (Wildman–Crippen LogP) is 3.66. The second-order valence-electron chi connectivity index (χ2n) is 8.96. The number of hydrogen-bond acceptors (Lipinski definition) is 3. The number of aliphatic imine (C=N–C) groups is 1. The molecule has 6 nitrogen and oxygen atoms in total. The first kappa shape index (κ1) is 22.6. The maximum Gasteiger partial charge on any atom is 0.191 e. The molecule has 1 atom stereocenters. The van der Waals surface area contributed by atoms with Gasteiger partial charge in [-0.2, -0.15) is 0 Å². The number of piperidine rings is 1. The molecule has 1 saturated heterocycles. The molecular weight excluding hydrogens is 372 g/mol. The van der Waals surface area contributed by atoms with Crippen LogP contribution in [0.2, 0.25) is 0 Å². The van der Waals surface area contributed by atoms with Crippen LogP contribution in [0, 0.1) is 18.8 Å². The number of likely N-dealkylation sites (tertiary alicyclic amines) is 1. The Hall–Kier alpha value is -2.08. The number of guanidine groups is 1. The summed E-state index contributed by atoms with van der Waals surface area (Å²) in [6.07, 6.45) is 3.64. The van der Waals surface area contributed by atoms with Gasteiger partial charge in [0.15, 0.2) is 5.96 Å². The van der Waals surface area contributed by atoms with Crippen molar-refractivity contribution in [3.63, 3.8) is 0 Å². The number of para-hydroxylation sites is 2. The summed E-state index contributed by atoms with van der Waals surface area (Å²) in [5, 5.41) is 6.93. The van der Waals surface area contributed by atoms with E-state index in [-0.39, 0.29) is 0 Å². The Morgan fingerprint density at radius 3 is 2.90 bits per heavy atom. The van der Waals surface area contributed by atoms with Gasteiger partial charge in [-0.25, -0.2) is 4.98 Å². The minimum atomic E-state index is 0.674. The third-order valence-electron chi connectivity index (χ3n) is 5.77. The van der Waals surface area contributed by atoms with Crippen LogP contribution in [0.25, 0.3) is 11.0 Å². The lowest BCUT2D eigenvalue weighted by atomic mass is 9.97. The molecule has 2 heterocycles. The van der Waals surface area contributed by atoms with Crippen LogP contribution >= 0.6 is 0 Å². The van der Waals surface area contributed by atoms with Gasteiger partial charge in [-0.15, -0.1) is 0 Å². The van der Waals surface area contributed by atoms with Crippen LogP contribution in [0.4, 0.5) is 0 Å². The van der Waals surface area contributed by atoms with Crippen LogP contribution in [-0.2, 0) is 6.54 Å². The SMILES string of the molecule is CCNC(=NCC1CCCN(CC(C)C)C1)NCCCn1c(C)nc2ccccc21. The van der Waals surface area contributed by atoms with Crippen molar-refractivity contribution in [1.29, 1.82) is 0 Å². The van der Waals surface area contributed by atoms with E-state index >= 15 is 0 Å². The van der Waals surface area contributed by atoms with Crippen molar-refractivity contribution < 1.29 is 0 Å². The second kappa shape index (κ2) is 11.3. The third kappa shape index (κ3) is 6.46. The highest BCUT2D eigenvalue weighted by molar-refractivity contribution is 5.79. The minimum absolute atomic E-state index is 0.674. The summed E-state index contributed by atoms with van der Waals surface area (Å²) < 4.78 is 2.31. The second-order valence-corrected chi connectivity index (χ2v) is 8.96. The van der Waals surface area contributed by atoms with Crippen LogP contribution in [-0.4, -0.2) is 59.7 Å². The van der Waals surface area contributed by atoms with E-state index in [1.807, 2.05) is 6.07 Å². The van der Waals surface area contributed by atoms with E-state index in [0.717, 1.165) is 55.8 Å². The summed E-state index contributed by atoms with van der Waals surface area (Å²) in [6.45, 7) is 16.2. The monoisotopic (exact) mass is 412 g/mol. The predicted molar refractivity (Wildman–Crippen MR) is 127 cm³/mol. The molecule has 0 saturated carbocycles. The number of aromatic nitrogens is 2. The van der Waals surface area contributed by atoms with Crippen LogP contribution < -0.4 is 10.6 Å². The van der Waals surface area contributed by atoms with Crippen molar-refractivity contribution in [2.45, 2.75) is 53.5 Å². The number of aryl methyl sites for hydroxylation is 2. The van der Waals surface area contributed by atoms with Crippen molar-refractivity contribution >= 4 is 17.0 Å². The van der Waals surface area contributed by atoms with Crippen LogP contribution in [0.15, 0.2) is 29.3 Å². The Morgan fingerprint density at radius 2 is 2.10 bits per heavy atom. The molecule has 0 spiro atoms. The molecule has 30 heavy (non-hydrogen) atoms. The standard InChI is InChI=1S/C24H40N6/c1-5-25-24(27-16-21-10-8-14-29(18-21)17-19(2)3)26-13-9-15-30-20(4)28-22-11-6-7-12-23(22)30/h6-7,11-12,19,21H,5,8-10,13-18H2,1-4H3,(H2,25,26,27). The fraction of sp³-hybridized carbons (Fsp3) is 0.667. The highest BCUT2D eigenvalue weighted by Crippen LogP contribution is 2.18. The zero-order chi connectivity index (χ0) is 21.3. The van der Waals surface area contributed by atoms with Crippen molar-refractivity contribution in [2.24, 2.45) is 16.8 Å². The lowest BCUT2D eigenvalue weighted by Crippen LogP contribution is -2.41. The largest absolute Gasteiger partial charge is 0.357 e. The molecule has 0 bridgehead atoms. The Balaban J connectivity index is 1.47. The van der Waals surface area contributed by atoms with Gasteiger partial charge in [-0.3, -0.25) is 4.99 Å². The molecule has 1 aromatic carbocycles. The van der Waals surface area contributed by atoms with E-state index in [0.29, 0.717) is 5.92 Å². The number of hydrogen-bond donors (Lipinski definition) is 2. The molecule has 0 amide bonds. The lowest BCUT2D eigenvalue weighted by Gasteiger charge is -2.33. The first-order valence-electron chi connectivity index (χ1n) is 11.7. The maximum absolute atomic E-state index is 4.90. The Bertz CT molecular complexity index is 809. The summed E-state index contributed by atoms with van der Waals surface area (Å²) in [4.78, 5) is 12.2. The topological polar surface area (TPSA) is 57.5 Å². The van der Waals surface area contributed by atoms with E-state index in [2.05, 4.69) is 71.0 Å². The summed E-state index contributed by atoms with van der Waals surface area (Å²) in [5.41, 5.74) is 2.30. The molecule has 3 rings (SSSR count). The summed E-state index contributed by atoms with van der Waals surface area (Å²) in [5.74, 6) is 3.45. The quantitative estimate of drug-likeness (QED) is 0.375. The van der Waals surface area contributed by atoms with E-state index in [1.54, 1.807) is 0 Å². The van der Waals surface area contributed by atoms with Gasteiger partial charge in [0.2, 0.25) is 0 Å². The van der Waals surface area contributed by atoms with E-state index in [9.17, 15) is 0 Å². The fourth-order valence-electron chi connectivity index (χ4n) is 4.47. The molecule has 1 aliphatic rings. The first-order chi connectivity index (χ1) is 14.6. The molecule has 2 aromatic rings. The normalized spacial score (nSPS) is 18.3. The smallest absolute Gasteiger partial charge is 0.191 e. The van der Waals surface area contributed by atoms with Gasteiger partial charge in [0.05, 0.1) is 11.0 Å². The minimum Gasteiger partial charge on any atom is -0.357 e. The van der Waals surface area contributed by atoms with E-state index in [4.69, 9.17) is 4.99 Å². The van der Waals surface area contributed by atoms with E-state index in [1.165, 1.54) is 38.0 Å². The van der Waals surface area contributed by atoms with Crippen molar-refractivity contribution in [1.82, 2.24) is 25.1 Å². The van der Waals surface area contributed by atoms with Gasteiger partial charge in [0.1, 0.15) is 5.82 Å². The van der Waals surface area contributed by atoms with Crippen LogP contribution in [0.5, 0.6) is 0 Å². The molecule has 0 radical (unpaired) electrons. The average Bonchev–Trinajstić information content (AvgIpc) is 3.04. The van der Waals surface area contributed by atoms with Gasteiger partial charge in [-0.05, 0) is 63.6 Å². The number of nitrogens with one attached hydrogen (secondary N) is 2. The number of rotatable bonds is 9. The first-order valence-corrected chi connectivity index (χ1v) is 11.7. The third-order valence-corrected chi connectivity index (χ3v) is 5.77. The zero-order valence-corrected chi connectivity index (χ0v) is 19.3. The lowest BCUT2D eigenvalue weighted by molar-refractivity contribution is 0.162. The molecule has 1 unspecified atom stereocenters. The van der Waals surface area contributed by atoms with Crippen molar-refractivity contribution in [2.75, 3.05) is 39.3 Å². The average molecular weight is 413 g/mol. The number of nitrogens with zero attached hydrogens (tertiary/aromatic N) is 4. The molecule has 1 aliphatic heterocycles. The molecule has 2 N–H and O–H groups in total. The van der Waals surface area contributed by atoms with Gasteiger partial charge < -0.3 is 20.1 Å².